The summed E-state index contributed by atoms with van der Waals surface area (Å²) in [7, 11) is -1.81. The molecule has 0 bridgehead atoms. The Morgan fingerprint density at radius 2 is 1.84 bits per heavy atom. The Morgan fingerprint density at radius 3 is 2.37 bits per heavy atom. The van der Waals surface area contributed by atoms with Crippen LogP contribution in [0.3, 0.4) is 0 Å². The maximum Gasteiger partial charge on any atom is 0.262 e. The molecule has 0 aliphatic heterocycles. The fourth-order valence-electron chi connectivity index (χ4n) is 1.78. The molecule has 0 fully saturated rings. The minimum atomic E-state index is -3.57. The molecule has 0 spiro atoms. The van der Waals surface area contributed by atoms with E-state index < -0.39 is 10.0 Å². The van der Waals surface area contributed by atoms with E-state index >= 15 is 0 Å². The van der Waals surface area contributed by atoms with Gasteiger partial charge in [0.15, 0.2) is 0 Å². The van der Waals surface area contributed by atoms with Crippen molar-refractivity contribution in [2.45, 2.75) is 25.7 Å². The van der Waals surface area contributed by atoms with Crippen LogP contribution in [0.2, 0.25) is 0 Å². The maximum absolute atomic E-state index is 12.3. The van der Waals surface area contributed by atoms with Gasteiger partial charge in [-0.2, -0.15) is 5.10 Å². The van der Waals surface area contributed by atoms with E-state index in [1.54, 1.807) is 43.0 Å². The zero-order chi connectivity index (χ0) is 14.2. The SMILES string of the molecule is Cc1ccc(S(=O)(=O)Nc2cn(C)nc2C)cc1C. The summed E-state index contributed by atoms with van der Waals surface area (Å²) in [5, 5.41) is 4.11. The number of rotatable bonds is 3. The van der Waals surface area contributed by atoms with E-state index in [0.717, 1.165) is 11.1 Å². The Bertz CT molecular complexity index is 717. The number of benzene rings is 1. The molecule has 102 valence electrons. The summed E-state index contributed by atoms with van der Waals surface area (Å²) >= 11 is 0. The van der Waals surface area contributed by atoms with Crippen molar-refractivity contribution in [2.75, 3.05) is 4.72 Å². The molecule has 2 rings (SSSR count). The minimum absolute atomic E-state index is 0.263. The molecule has 0 aliphatic carbocycles. The van der Waals surface area contributed by atoms with Crippen LogP contribution in [-0.2, 0) is 17.1 Å². The first-order valence-electron chi connectivity index (χ1n) is 5.90. The molecule has 0 atom stereocenters. The molecule has 1 aromatic carbocycles. The van der Waals surface area contributed by atoms with Gasteiger partial charge in [0.25, 0.3) is 10.0 Å². The Kier molecular flexibility index (Phi) is 3.36. The smallest absolute Gasteiger partial charge is 0.262 e. The molecule has 0 saturated heterocycles. The minimum Gasteiger partial charge on any atom is -0.276 e. The summed E-state index contributed by atoms with van der Waals surface area (Å²) in [6.45, 7) is 5.60. The highest BCUT2D eigenvalue weighted by atomic mass is 32.2. The summed E-state index contributed by atoms with van der Waals surface area (Å²) < 4.78 is 28.7. The molecule has 2 aromatic rings. The molecule has 0 unspecified atom stereocenters. The lowest BCUT2D eigenvalue weighted by Gasteiger charge is -2.08. The molecular weight excluding hydrogens is 262 g/mol. The van der Waals surface area contributed by atoms with Gasteiger partial charge in [-0.3, -0.25) is 9.40 Å². The number of hydrogen-bond donors (Lipinski definition) is 1. The van der Waals surface area contributed by atoms with Crippen LogP contribution in [-0.4, -0.2) is 18.2 Å². The number of aromatic nitrogens is 2. The van der Waals surface area contributed by atoms with Crippen LogP contribution >= 0.6 is 0 Å². The molecular formula is C13H17N3O2S. The van der Waals surface area contributed by atoms with Crippen molar-refractivity contribution in [1.29, 1.82) is 0 Å². The van der Waals surface area contributed by atoms with Crippen LogP contribution in [0.4, 0.5) is 5.69 Å². The highest BCUT2D eigenvalue weighted by Crippen LogP contribution is 2.20. The third-order valence-corrected chi connectivity index (χ3v) is 4.41. The fraction of sp³-hybridized carbons (Fsp3) is 0.308. The average molecular weight is 279 g/mol. The lowest BCUT2D eigenvalue weighted by Crippen LogP contribution is -2.13. The summed E-state index contributed by atoms with van der Waals surface area (Å²) in [6.07, 6.45) is 1.65. The van der Waals surface area contributed by atoms with Crippen LogP contribution in [0.1, 0.15) is 16.8 Å². The van der Waals surface area contributed by atoms with E-state index in [2.05, 4.69) is 9.82 Å². The van der Waals surface area contributed by atoms with Crippen molar-refractivity contribution in [3.05, 3.63) is 41.2 Å². The standard InChI is InChI=1S/C13H17N3O2S/c1-9-5-6-12(7-10(9)2)19(17,18)15-13-8-16(4)14-11(13)3/h5-8,15H,1-4H3. The van der Waals surface area contributed by atoms with Gasteiger partial charge in [0.2, 0.25) is 0 Å². The van der Waals surface area contributed by atoms with Gasteiger partial charge in [-0.1, -0.05) is 6.07 Å². The van der Waals surface area contributed by atoms with Crippen LogP contribution in [0.5, 0.6) is 0 Å². The molecule has 6 heteroatoms. The van der Waals surface area contributed by atoms with Gasteiger partial charge in [0.1, 0.15) is 0 Å². The van der Waals surface area contributed by atoms with Gasteiger partial charge in [-0.25, -0.2) is 8.42 Å². The first-order chi connectivity index (χ1) is 8.79. The first kappa shape index (κ1) is 13.6. The predicted octanol–water partition coefficient (Wildman–Crippen LogP) is 2.15. The molecule has 19 heavy (non-hydrogen) atoms. The Morgan fingerprint density at radius 1 is 1.16 bits per heavy atom. The second kappa shape index (κ2) is 4.70. The zero-order valence-electron chi connectivity index (χ0n) is 11.4. The monoisotopic (exact) mass is 279 g/mol. The van der Waals surface area contributed by atoms with E-state index in [-0.39, 0.29) is 4.90 Å². The van der Waals surface area contributed by atoms with Crippen molar-refractivity contribution in [2.24, 2.45) is 7.05 Å². The molecule has 0 saturated carbocycles. The topological polar surface area (TPSA) is 64.0 Å². The molecule has 1 aromatic heterocycles. The fourth-order valence-corrected chi connectivity index (χ4v) is 2.97. The normalized spacial score (nSPS) is 11.6. The Labute approximate surface area is 113 Å². The van der Waals surface area contributed by atoms with Crippen molar-refractivity contribution in [3.8, 4) is 0 Å². The lowest BCUT2D eigenvalue weighted by molar-refractivity contribution is 0.601. The predicted molar refractivity (Wildman–Crippen MR) is 74.7 cm³/mol. The van der Waals surface area contributed by atoms with E-state index in [4.69, 9.17) is 0 Å². The maximum atomic E-state index is 12.3. The molecule has 1 N–H and O–H groups in total. The highest BCUT2D eigenvalue weighted by molar-refractivity contribution is 7.92. The number of anilines is 1. The highest BCUT2D eigenvalue weighted by Gasteiger charge is 2.17. The van der Waals surface area contributed by atoms with Crippen LogP contribution in [0.25, 0.3) is 0 Å². The van der Waals surface area contributed by atoms with Gasteiger partial charge >= 0.3 is 0 Å². The van der Waals surface area contributed by atoms with Crippen LogP contribution in [0, 0.1) is 20.8 Å². The zero-order valence-corrected chi connectivity index (χ0v) is 12.2. The first-order valence-corrected chi connectivity index (χ1v) is 7.38. The van der Waals surface area contributed by atoms with E-state index in [9.17, 15) is 8.42 Å². The lowest BCUT2D eigenvalue weighted by atomic mass is 10.1. The number of aryl methyl sites for hydroxylation is 4. The number of nitrogens with zero attached hydrogens (tertiary/aromatic N) is 2. The average Bonchev–Trinajstić information content (AvgIpc) is 2.60. The number of hydrogen-bond acceptors (Lipinski definition) is 3. The van der Waals surface area contributed by atoms with E-state index in [0.29, 0.717) is 11.4 Å². The summed E-state index contributed by atoms with van der Waals surface area (Å²) in [4.78, 5) is 0.263. The van der Waals surface area contributed by atoms with Gasteiger partial charge in [0, 0.05) is 13.2 Å². The van der Waals surface area contributed by atoms with E-state index in [1.165, 1.54) is 0 Å². The summed E-state index contributed by atoms with van der Waals surface area (Å²) in [5.74, 6) is 0. The van der Waals surface area contributed by atoms with Crippen LogP contribution < -0.4 is 4.72 Å². The van der Waals surface area contributed by atoms with Gasteiger partial charge < -0.3 is 0 Å². The van der Waals surface area contributed by atoms with Crippen LogP contribution in [0.15, 0.2) is 29.3 Å². The van der Waals surface area contributed by atoms with Gasteiger partial charge in [-0.15, -0.1) is 0 Å². The number of sulfonamides is 1. The second-order valence-electron chi connectivity index (χ2n) is 4.65. The molecule has 0 aliphatic rings. The number of nitrogens with one attached hydrogen (secondary N) is 1. The second-order valence-corrected chi connectivity index (χ2v) is 6.34. The third-order valence-electron chi connectivity index (χ3n) is 3.05. The molecule has 1 heterocycles. The van der Waals surface area contributed by atoms with Gasteiger partial charge in [-0.05, 0) is 44.0 Å². The molecule has 5 nitrogen and oxygen atoms in total. The van der Waals surface area contributed by atoms with Crippen molar-refractivity contribution in [1.82, 2.24) is 9.78 Å². The Balaban J connectivity index is 2.37. The molecule has 0 radical (unpaired) electrons. The van der Waals surface area contributed by atoms with Crippen molar-refractivity contribution in [3.63, 3.8) is 0 Å². The summed E-state index contributed by atoms with van der Waals surface area (Å²) in [5.41, 5.74) is 3.16. The Hall–Kier alpha value is -1.82. The quantitative estimate of drug-likeness (QED) is 0.936. The summed E-state index contributed by atoms with van der Waals surface area (Å²) in [6, 6.07) is 5.08. The van der Waals surface area contributed by atoms with E-state index in [1.807, 2.05) is 13.8 Å². The largest absolute Gasteiger partial charge is 0.276 e. The van der Waals surface area contributed by atoms with Crippen molar-refractivity contribution < 1.29 is 8.42 Å². The third kappa shape index (κ3) is 2.78. The van der Waals surface area contributed by atoms with Crippen molar-refractivity contribution >= 4 is 15.7 Å². The molecule has 0 amide bonds. The van der Waals surface area contributed by atoms with Gasteiger partial charge in [0.05, 0.1) is 16.3 Å².